The van der Waals surface area contributed by atoms with E-state index in [2.05, 4.69) is 63.7 Å². The third kappa shape index (κ3) is 3.64. The maximum absolute atomic E-state index is 4.67. The van der Waals surface area contributed by atoms with Gasteiger partial charge in [0.2, 0.25) is 0 Å². The van der Waals surface area contributed by atoms with Crippen molar-refractivity contribution in [3.05, 3.63) is 53.3 Å². The normalized spacial score (nSPS) is 14.4. The van der Waals surface area contributed by atoms with Crippen LogP contribution < -0.4 is 5.32 Å². The predicted octanol–water partition coefficient (Wildman–Crippen LogP) is 3.07. The molecule has 25 heavy (non-hydrogen) atoms. The van der Waals surface area contributed by atoms with Crippen LogP contribution in [0.15, 0.2) is 36.4 Å². The van der Waals surface area contributed by atoms with E-state index in [4.69, 9.17) is 0 Å². The fourth-order valence-corrected chi connectivity index (χ4v) is 2.95. The van der Waals surface area contributed by atoms with E-state index in [0.29, 0.717) is 5.92 Å². The summed E-state index contributed by atoms with van der Waals surface area (Å²) in [5, 5.41) is 16.6. The van der Waals surface area contributed by atoms with Crippen LogP contribution in [0.25, 0.3) is 5.65 Å². The number of hydrogen-bond donors (Lipinski definition) is 1. The van der Waals surface area contributed by atoms with Gasteiger partial charge in [0.15, 0.2) is 11.5 Å². The number of fused-ring (bicyclic) bond motifs is 1. The molecule has 0 atom stereocenters. The lowest BCUT2D eigenvalue weighted by Gasteiger charge is -2.14. The van der Waals surface area contributed by atoms with Crippen molar-refractivity contribution in [2.75, 3.05) is 18.9 Å². The summed E-state index contributed by atoms with van der Waals surface area (Å²) in [7, 11) is 2.14. The third-order valence-corrected chi connectivity index (χ3v) is 4.69. The van der Waals surface area contributed by atoms with Crippen LogP contribution in [-0.2, 0) is 13.1 Å². The summed E-state index contributed by atoms with van der Waals surface area (Å²) >= 11 is 0. The Bertz CT molecular complexity index is 867. The van der Waals surface area contributed by atoms with Gasteiger partial charge in [0.1, 0.15) is 5.82 Å². The highest BCUT2D eigenvalue weighted by atomic mass is 15.4. The van der Waals surface area contributed by atoms with E-state index in [9.17, 15) is 0 Å². The second-order valence-electron chi connectivity index (χ2n) is 6.82. The summed E-state index contributed by atoms with van der Waals surface area (Å²) in [4.78, 5) is 2.30. The molecule has 130 valence electrons. The molecule has 0 spiro atoms. The Kier molecular flexibility index (Phi) is 4.36. The van der Waals surface area contributed by atoms with Crippen molar-refractivity contribution in [1.82, 2.24) is 24.7 Å². The Morgan fingerprint density at radius 2 is 2.00 bits per heavy atom. The van der Waals surface area contributed by atoms with Crippen LogP contribution in [0, 0.1) is 0 Å². The Morgan fingerprint density at radius 1 is 1.16 bits per heavy atom. The Morgan fingerprint density at radius 3 is 2.80 bits per heavy atom. The van der Waals surface area contributed by atoms with Crippen molar-refractivity contribution in [3.8, 4) is 0 Å². The minimum Gasteiger partial charge on any atom is -0.365 e. The van der Waals surface area contributed by atoms with Gasteiger partial charge in [-0.25, -0.2) is 0 Å². The fourth-order valence-electron chi connectivity index (χ4n) is 2.95. The molecule has 1 N–H and O–H groups in total. The van der Waals surface area contributed by atoms with Crippen LogP contribution in [-0.4, -0.2) is 38.3 Å². The topological polar surface area (TPSA) is 58.3 Å². The number of hydrogen-bond acceptors (Lipinski definition) is 5. The SMILES string of the molecule is CCN(C)Cc1cccc(CNc2ccc3nnc(C4CC4)n3n2)c1. The monoisotopic (exact) mass is 336 g/mol. The number of aromatic nitrogens is 4. The average Bonchev–Trinajstić information content (AvgIpc) is 3.39. The summed E-state index contributed by atoms with van der Waals surface area (Å²) in [6.45, 7) is 4.95. The first-order chi connectivity index (χ1) is 12.2. The molecule has 1 fully saturated rings. The van der Waals surface area contributed by atoms with Crippen LogP contribution >= 0.6 is 0 Å². The minimum absolute atomic E-state index is 0.532. The van der Waals surface area contributed by atoms with Crippen LogP contribution in [0.5, 0.6) is 0 Å². The molecule has 1 aliphatic carbocycles. The van der Waals surface area contributed by atoms with E-state index in [1.807, 2.05) is 16.6 Å². The Labute approximate surface area is 147 Å². The molecule has 6 nitrogen and oxygen atoms in total. The first kappa shape index (κ1) is 16.0. The largest absolute Gasteiger partial charge is 0.365 e. The lowest BCUT2D eigenvalue weighted by molar-refractivity contribution is 0.345. The molecule has 2 heterocycles. The van der Waals surface area contributed by atoms with Gasteiger partial charge in [-0.05, 0) is 49.7 Å². The second kappa shape index (κ2) is 6.80. The summed E-state index contributed by atoms with van der Waals surface area (Å²) in [5.74, 6) is 2.37. The van der Waals surface area contributed by atoms with E-state index >= 15 is 0 Å². The van der Waals surface area contributed by atoms with Crippen LogP contribution in [0.3, 0.4) is 0 Å². The van der Waals surface area contributed by atoms with Crippen LogP contribution in [0.2, 0.25) is 0 Å². The summed E-state index contributed by atoms with van der Waals surface area (Å²) < 4.78 is 1.88. The maximum Gasteiger partial charge on any atom is 0.178 e. The number of nitrogens with one attached hydrogen (secondary N) is 1. The van der Waals surface area contributed by atoms with Gasteiger partial charge in [-0.1, -0.05) is 31.2 Å². The van der Waals surface area contributed by atoms with E-state index in [-0.39, 0.29) is 0 Å². The molecule has 1 saturated carbocycles. The van der Waals surface area contributed by atoms with E-state index in [0.717, 1.165) is 36.9 Å². The van der Waals surface area contributed by atoms with Gasteiger partial charge in [-0.2, -0.15) is 4.52 Å². The first-order valence-corrected chi connectivity index (χ1v) is 8.95. The highest BCUT2D eigenvalue weighted by Gasteiger charge is 2.29. The smallest absolute Gasteiger partial charge is 0.178 e. The Balaban J connectivity index is 1.46. The zero-order chi connectivity index (χ0) is 17.2. The molecule has 0 saturated heterocycles. The van der Waals surface area contributed by atoms with Gasteiger partial charge in [-0.3, -0.25) is 0 Å². The van der Waals surface area contributed by atoms with Gasteiger partial charge in [0.05, 0.1) is 0 Å². The van der Waals surface area contributed by atoms with Crippen molar-refractivity contribution in [1.29, 1.82) is 0 Å². The molecule has 0 aliphatic heterocycles. The van der Waals surface area contributed by atoms with Crippen molar-refractivity contribution in [2.45, 2.75) is 38.8 Å². The van der Waals surface area contributed by atoms with Crippen LogP contribution in [0.4, 0.5) is 5.82 Å². The van der Waals surface area contributed by atoms with Crippen molar-refractivity contribution >= 4 is 11.5 Å². The fraction of sp³-hybridized carbons (Fsp3) is 0.421. The molecule has 2 aromatic heterocycles. The summed E-state index contributed by atoms with van der Waals surface area (Å²) in [5.41, 5.74) is 3.41. The molecular formula is C19H24N6. The molecule has 0 unspecified atom stereocenters. The maximum atomic E-state index is 4.67. The van der Waals surface area contributed by atoms with E-state index in [1.165, 1.54) is 24.0 Å². The lowest BCUT2D eigenvalue weighted by Crippen LogP contribution is -2.16. The van der Waals surface area contributed by atoms with Crippen molar-refractivity contribution in [3.63, 3.8) is 0 Å². The molecule has 1 aliphatic rings. The highest BCUT2D eigenvalue weighted by molar-refractivity contribution is 5.45. The molecule has 3 aromatic rings. The number of benzene rings is 1. The Hall–Kier alpha value is -2.47. The average molecular weight is 336 g/mol. The van der Waals surface area contributed by atoms with E-state index < -0.39 is 0 Å². The first-order valence-electron chi connectivity index (χ1n) is 8.95. The number of anilines is 1. The molecule has 6 heteroatoms. The number of rotatable bonds is 7. The quantitative estimate of drug-likeness (QED) is 0.718. The van der Waals surface area contributed by atoms with Crippen molar-refractivity contribution < 1.29 is 0 Å². The van der Waals surface area contributed by atoms with Gasteiger partial charge >= 0.3 is 0 Å². The van der Waals surface area contributed by atoms with Crippen LogP contribution in [0.1, 0.15) is 42.6 Å². The molecule has 0 bridgehead atoms. The standard InChI is InChI=1S/C19H24N6/c1-3-24(2)13-15-6-4-5-14(11-15)12-20-17-9-10-18-21-22-19(16-7-8-16)25(18)23-17/h4-6,9-11,16H,3,7-8,12-13H2,1-2H3,(H,20,23). The molecule has 0 radical (unpaired) electrons. The van der Waals surface area contributed by atoms with Gasteiger partial charge in [0.25, 0.3) is 0 Å². The van der Waals surface area contributed by atoms with E-state index in [1.54, 1.807) is 0 Å². The minimum atomic E-state index is 0.532. The lowest BCUT2D eigenvalue weighted by atomic mass is 10.1. The summed E-state index contributed by atoms with van der Waals surface area (Å²) in [6.07, 6.45) is 2.39. The number of nitrogens with zero attached hydrogens (tertiary/aromatic N) is 5. The van der Waals surface area contributed by atoms with Gasteiger partial charge in [0, 0.05) is 19.0 Å². The molecule has 1 aromatic carbocycles. The molecule has 4 rings (SSSR count). The highest BCUT2D eigenvalue weighted by Crippen LogP contribution is 2.38. The molecule has 0 amide bonds. The third-order valence-electron chi connectivity index (χ3n) is 4.69. The molecular weight excluding hydrogens is 312 g/mol. The second-order valence-corrected chi connectivity index (χ2v) is 6.82. The predicted molar refractivity (Wildman–Crippen MR) is 98.5 cm³/mol. The van der Waals surface area contributed by atoms with Gasteiger partial charge in [-0.15, -0.1) is 15.3 Å². The zero-order valence-corrected chi connectivity index (χ0v) is 14.8. The zero-order valence-electron chi connectivity index (χ0n) is 14.8. The van der Waals surface area contributed by atoms with Gasteiger partial charge < -0.3 is 10.2 Å². The summed E-state index contributed by atoms with van der Waals surface area (Å²) in [6, 6.07) is 12.6. The van der Waals surface area contributed by atoms with Crippen molar-refractivity contribution in [2.24, 2.45) is 0 Å².